The SMILES string of the molecule is Cc1nn(-c2nc3ccccc3s2)c2c1C(c1ccc(O)c(O)c1)SCC(=O)N2. The largest absolute Gasteiger partial charge is 0.504 e. The van der Waals surface area contributed by atoms with E-state index in [-0.39, 0.29) is 28.4 Å². The summed E-state index contributed by atoms with van der Waals surface area (Å²) in [4.78, 5) is 17.1. The number of aryl methyl sites for hydroxylation is 1. The molecule has 0 fully saturated rings. The normalized spacial score (nSPS) is 16.4. The van der Waals surface area contributed by atoms with E-state index in [1.807, 2.05) is 31.2 Å². The highest BCUT2D eigenvalue weighted by Gasteiger charge is 2.31. The van der Waals surface area contributed by atoms with Crippen LogP contribution >= 0.6 is 23.1 Å². The molecule has 3 N–H and O–H groups in total. The number of nitrogens with one attached hydrogen (secondary N) is 1. The van der Waals surface area contributed by atoms with Crippen LogP contribution in [-0.2, 0) is 4.79 Å². The fourth-order valence-electron chi connectivity index (χ4n) is 3.44. The molecule has 0 radical (unpaired) electrons. The maximum absolute atomic E-state index is 12.4. The molecule has 29 heavy (non-hydrogen) atoms. The molecule has 0 spiro atoms. The van der Waals surface area contributed by atoms with Gasteiger partial charge in [0.15, 0.2) is 11.5 Å². The number of carbonyl (C=O) groups is 1. The summed E-state index contributed by atoms with van der Waals surface area (Å²) in [5, 5.41) is 27.7. The summed E-state index contributed by atoms with van der Waals surface area (Å²) in [5.41, 5.74) is 3.30. The average Bonchev–Trinajstić information content (AvgIpc) is 3.21. The number of anilines is 1. The molecule has 5 rings (SSSR count). The van der Waals surface area contributed by atoms with Crippen LogP contribution in [0.5, 0.6) is 11.5 Å². The van der Waals surface area contributed by atoms with Crippen LogP contribution in [0.25, 0.3) is 15.3 Å². The minimum Gasteiger partial charge on any atom is -0.504 e. The molecule has 1 aliphatic rings. The van der Waals surface area contributed by atoms with E-state index in [2.05, 4.69) is 15.4 Å². The van der Waals surface area contributed by atoms with E-state index in [1.165, 1.54) is 35.2 Å². The highest BCUT2D eigenvalue weighted by molar-refractivity contribution is 8.00. The van der Waals surface area contributed by atoms with Gasteiger partial charge in [0.1, 0.15) is 5.82 Å². The highest BCUT2D eigenvalue weighted by atomic mass is 32.2. The number of phenols is 2. The molecule has 7 nitrogen and oxygen atoms in total. The van der Waals surface area contributed by atoms with E-state index in [4.69, 9.17) is 0 Å². The lowest BCUT2D eigenvalue weighted by atomic mass is 10.0. The van der Waals surface area contributed by atoms with Crippen molar-refractivity contribution in [2.24, 2.45) is 0 Å². The van der Waals surface area contributed by atoms with Crippen molar-refractivity contribution in [1.29, 1.82) is 0 Å². The fourth-order valence-corrected chi connectivity index (χ4v) is 5.54. The molecular weight excluding hydrogens is 408 g/mol. The predicted molar refractivity (Wildman–Crippen MR) is 114 cm³/mol. The summed E-state index contributed by atoms with van der Waals surface area (Å²) in [6.07, 6.45) is 0. The number of hydrogen-bond acceptors (Lipinski definition) is 7. The van der Waals surface area contributed by atoms with Crippen molar-refractivity contribution in [2.75, 3.05) is 11.1 Å². The van der Waals surface area contributed by atoms with Crippen molar-refractivity contribution >= 4 is 45.0 Å². The first-order valence-electron chi connectivity index (χ1n) is 8.90. The Morgan fingerprint density at radius 3 is 2.79 bits per heavy atom. The van der Waals surface area contributed by atoms with Crippen LogP contribution in [0, 0.1) is 6.92 Å². The molecule has 1 aliphatic heterocycles. The zero-order chi connectivity index (χ0) is 20.1. The molecule has 1 atom stereocenters. The summed E-state index contributed by atoms with van der Waals surface area (Å²) < 4.78 is 2.73. The van der Waals surface area contributed by atoms with Crippen LogP contribution in [0.1, 0.15) is 22.1 Å². The van der Waals surface area contributed by atoms with Gasteiger partial charge in [-0.2, -0.15) is 9.78 Å². The molecule has 2 aromatic heterocycles. The van der Waals surface area contributed by atoms with Crippen molar-refractivity contribution < 1.29 is 15.0 Å². The lowest BCUT2D eigenvalue weighted by molar-refractivity contribution is -0.113. The van der Waals surface area contributed by atoms with E-state index in [0.717, 1.165) is 27.0 Å². The number of para-hydroxylation sites is 1. The lowest BCUT2D eigenvalue weighted by Gasteiger charge is -2.15. The van der Waals surface area contributed by atoms with Crippen molar-refractivity contribution in [3.8, 4) is 16.6 Å². The molecule has 1 amide bonds. The summed E-state index contributed by atoms with van der Waals surface area (Å²) >= 11 is 2.96. The molecular formula is C20H16N4O3S2. The van der Waals surface area contributed by atoms with Gasteiger partial charge in [0.25, 0.3) is 0 Å². The van der Waals surface area contributed by atoms with E-state index in [1.54, 1.807) is 10.7 Å². The number of aromatic nitrogens is 3. The molecule has 0 aliphatic carbocycles. The lowest BCUT2D eigenvalue weighted by Crippen LogP contribution is -2.15. The summed E-state index contributed by atoms with van der Waals surface area (Å²) in [6, 6.07) is 12.6. The minimum absolute atomic E-state index is 0.121. The maximum atomic E-state index is 12.4. The van der Waals surface area contributed by atoms with Gasteiger partial charge in [-0.1, -0.05) is 29.5 Å². The summed E-state index contributed by atoms with van der Waals surface area (Å²) in [5.74, 6) is 0.367. The van der Waals surface area contributed by atoms with Crippen LogP contribution in [0.15, 0.2) is 42.5 Å². The van der Waals surface area contributed by atoms with Crippen LogP contribution in [-0.4, -0.2) is 36.6 Å². The zero-order valence-electron chi connectivity index (χ0n) is 15.3. The highest BCUT2D eigenvalue weighted by Crippen LogP contribution is 2.45. The first-order valence-corrected chi connectivity index (χ1v) is 10.8. The molecule has 3 heterocycles. The number of thiazole rings is 1. The van der Waals surface area contributed by atoms with Crippen LogP contribution in [0.2, 0.25) is 0 Å². The number of amides is 1. The van der Waals surface area contributed by atoms with Gasteiger partial charge in [-0.15, -0.1) is 11.8 Å². The number of carbonyl (C=O) groups excluding carboxylic acids is 1. The van der Waals surface area contributed by atoms with Gasteiger partial charge < -0.3 is 15.5 Å². The molecule has 2 aromatic carbocycles. The Balaban J connectivity index is 1.69. The molecule has 0 bridgehead atoms. The second-order valence-corrected chi connectivity index (χ2v) is 8.81. The van der Waals surface area contributed by atoms with Crippen LogP contribution in [0.4, 0.5) is 5.82 Å². The van der Waals surface area contributed by atoms with Crippen LogP contribution < -0.4 is 5.32 Å². The fraction of sp³-hybridized carbons (Fsp3) is 0.150. The van der Waals surface area contributed by atoms with E-state index >= 15 is 0 Å². The Morgan fingerprint density at radius 1 is 1.17 bits per heavy atom. The van der Waals surface area contributed by atoms with Gasteiger partial charge in [-0.25, -0.2) is 4.98 Å². The third kappa shape index (κ3) is 3.02. The molecule has 4 aromatic rings. The number of nitrogens with zero attached hydrogens (tertiary/aromatic N) is 3. The second kappa shape index (κ2) is 6.78. The van der Waals surface area contributed by atoms with Crippen molar-refractivity contribution in [1.82, 2.24) is 14.8 Å². The maximum Gasteiger partial charge on any atom is 0.235 e. The Labute approximate surface area is 174 Å². The topological polar surface area (TPSA) is 100 Å². The van der Waals surface area contributed by atoms with Gasteiger partial charge in [0.05, 0.1) is 26.9 Å². The number of thioether (sulfide) groups is 1. The standard InChI is InChI=1S/C20H16N4O3S2/c1-10-17-18(11-6-7-13(25)14(26)8-11)28-9-16(27)22-19(17)24(23-10)20-21-12-4-2-3-5-15(12)29-20/h2-8,18,25-26H,9H2,1H3,(H,22,27). The number of phenolic OH excluding ortho intramolecular Hbond substituents is 2. The van der Waals surface area contributed by atoms with Crippen molar-refractivity contribution in [3.05, 3.63) is 59.3 Å². The van der Waals surface area contributed by atoms with Gasteiger partial charge in [0, 0.05) is 5.56 Å². The number of rotatable bonds is 2. The molecule has 1 unspecified atom stereocenters. The Morgan fingerprint density at radius 2 is 2.00 bits per heavy atom. The van der Waals surface area contributed by atoms with Gasteiger partial charge >= 0.3 is 0 Å². The third-order valence-electron chi connectivity index (χ3n) is 4.77. The first-order chi connectivity index (χ1) is 14.0. The predicted octanol–water partition coefficient (Wildman–Crippen LogP) is 3.98. The zero-order valence-corrected chi connectivity index (χ0v) is 16.9. The minimum atomic E-state index is -0.224. The van der Waals surface area contributed by atoms with Gasteiger partial charge in [0.2, 0.25) is 11.0 Å². The average molecular weight is 425 g/mol. The summed E-state index contributed by atoms with van der Waals surface area (Å²) in [7, 11) is 0. The number of hydrogen-bond donors (Lipinski definition) is 3. The quantitative estimate of drug-likeness (QED) is 0.421. The van der Waals surface area contributed by atoms with Crippen molar-refractivity contribution in [2.45, 2.75) is 12.2 Å². The smallest absolute Gasteiger partial charge is 0.235 e. The number of aromatic hydroxyl groups is 2. The monoisotopic (exact) mass is 424 g/mol. The molecule has 146 valence electrons. The molecule has 0 saturated heterocycles. The third-order valence-corrected chi connectivity index (χ3v) is 7.06. The Kier molecular flexibility index (Phi) is 4.21. The van der Waals surface area contributed by atoms with Crippen molar-refractivity contribution in [3.63, 3.8) is 0 Å². The van der Waals surface area contributed by atoms with E-state index in [0.29, 0.717) is 10.9 Å². The molecule has 9 heteroatoms. The van der Waals surface area contributed by atoms with E-state index < -0.39 is 0 Å². The van der Waals surface area contributed by atoms with Gasteiger partial charge in [-0.05, 0) is 36.8 Å². The Bertz CT molecular complexity index is 1230. The number of fused-ring (bicyclic) bond motifs is 2. The number of benzene rings is 2. The van der Waals surface area contributed by atoms with Crippen LogP contribution in [0.3, 0.4) is 0 Å². The second-order valence-electron chi connectivity index (χ2n) is 6.71. The molecule has 0 saturated carbocycles. The first kappa shape index (κ1) is 18.0. The van der Waals surface area contributed by atoms with Gasteiger partial charge in [-0.3, -0.25) is 4.79 Å². The van der Waals surface area contributed by atoms with E-state index in [9.17, 15) is 15.0 Å². The Hall–Kier alpha value is -3.04. The summed E-state index contributed by atoms with van der Waals surface area (Å²) in [6.45, 7) is 1.90.